The van der Waals surface area contributed by atoms with Crippen LogP contribution in [0.15, 0.2) is 66.7 Å². The molecule has 214 valence electrons. The Balaban J connectivity index is 1.34. The van der Waals surface area contributed by atoms with Crippen LogP contribution in [-0.2, 0) is 17.7 Å². The summed E-state index contributed by atoms with van der Waals surface area (Å²) in [6.45, 7) is 2.41. The monoisotopic (exact) mass is 574 g/mol. The molecule has 7 nitrogen and oxygen atoms in total. The zero-order chi connectivity index (χ0) is 29.5. The molecule has 6 rings (SSSR count). The third-order valence-corrected chi connectivity index (χ3v) is 7.22. The number of halogens is 3. The highest BCUT2D eigenvalue weighted by Crippen LogP contribution is 2.47. The Morgan fingerprint density at radius 1 is 0.976 bits per heavy atom. The highest BCUT2D eigenvalue weighted by Gasteiger charge is 2.31. The van der Waals surface area contributed by atoms with Gasteiger partial charge in [0, 0.05) is 31.2 Å². The number of rotatable bonds is 8. The maximum absolute atomic E-state index is 15.6. The maximum Gasteiger partial charge on any atom is 0.335 e. The van der Waals surface area contributed by atoms with Crippen LogP contribution < -0.4 is 9.47 Å². The minimum Gasteiger partial charge on any atom is -0.478 e. The van der Waals surface area contributed by atoms with Crippen LogP contribution in [0.3, 0.4) is 0 Å². The van der Waals surface area contributed by atoms with Gasteiger partial charge in [0.25, 0.3) is 6.29 Å². The van der Waals surface area contributed by atoms with Gasteiger partial charge in [0.05, 0.1) is 28.8 Å². The van der Waals surface area contributed by atoms with Crippen molar-refractivity contribution >= 4 is 17.0 Å². The molecule has 0 bridgehead atoms. The van der Waals surface area contributed by atoms with Crippen molar-refractivity contribution in [2.45, 2.75) is 26.2 Å². The summed E-state index contributed by atoms with van der Waals surface area (Å²) in [4.78, 5) is 16.1. The van der Waals surface area contributed by atoms with Gasteiger partial charge < -0.3 is 23.9 Å². The number of imidazole rings is 1. The maximum atomic E-state index is 15.6. The van der Waals surface area contributed by atoms with E-state index in [4.69, 9.17) is 14.2 Å². The molecule has 4 aromatic carbocycles. The van der Waals surface area contributed by atoms with Gasteiger partial charge >= 0.3 is 5.97 Å². The Hall–Kier alpha value is -4.83. The number of fused-ring (bicyclic) bond motifs is 2. The number of nitrogens with zero attached hydrogens (tertiary/aromatic N) is 2. The zero-order valence-electron chi connectivity index (χ0n) is 22.7. The van der Waals surface area contributed by atoms with Gasteiger partial charge in [-0.25, -0.2) is 22.9 Å². The van der Waals surface area contributed by atoms with E-state index in [1.54, 1.807) is 47.9 Å². The Morgan fingerprint density at radius 2 is 1.81 bits per heavy atom. The molecule has 2 heterocycles. The fraction of sp³-hybridized carbons (Fsp3) is 0.188. The van der Waals surface area contributed by atoms with Crippen LogP contribution in [0.2, 0.25) is 0 Å². The van der Waals surface area contributed by atoms with Gasteiger partial charge in [-0.3, -0.25) is 0 Å². The molecule has 0 saturated heterocycles. The molecule has 1 aliphatic heterocycles. The van der Waals surface area contributed by atoms with Crippen molar-refractivity contribution in [3.63, 3.8) is 0 Å². The molecule has 10 heteroatoms. The van der Waals surface area contributed by atoms with Crippen LogP contribution in [-0.4, -0.2) is 34.3 Å². The Bertz CT molecular complexity index is 1850. The van der Waals surface area contributed by atoms with Crippen molar-refractivity contribution in [1.29, 1.82) is 0 Å². The van der Waals surface area contributed by atoms with Crippen molar-refractivity contribution in [3.8, 4) is 22.6 Å². The quantitative estimate of drug-likeness (QED) is 0.219. The fourth-order valence-electron chi connectivity index (χ4n) is 5.11. The molecule has 1 aromatic heterocycles. The van der Waals surface area contributed by atoms with Crippen molar-refractivity contribution in [1.82, 2.24) is 9.55 Å². The number of ether oxygens (including phenoxy) is 3. The number of aromatic nitrogens is 2. The summed E-state index contributed by atoms with van der Waals surface area (Å²) >= 11 is 0. The number of carboxylic acids is 1. The number of methoxy groups -OCH3 is 1. The van der Waals surface area contributed by atoms with Crippen molar-refractivity contribution in [2.75, 3.05) is 13.7 Å². The second kappa shape index (κ2) is 10.9. The van der Waals surface area contributed by atoms with E-state index in [0.717, 1.165) is 17.7 Å². The minimum absolute atomic E-state index is 0.0410. The molecule has 5 aromatic rings. The highest BCUT2D eigenvalue weighted by atomic mass is 19.1. The van der Waals surface area contributed by atoms with E-state index in [9.17, 15) is 14.3 Å². The first-order valence-electron chi connectivity index (χ1n) is 13.2. The molecule has 0 saturated carbocycles. The fourth-order valence-corrected chi connectivity index (χ4v) is 5.11. The predicted molar refractivity (Wildman–Crippen MR) is 148 cm³/mol. The van der Waals surface area contributed by atoms with E-state index in [1.807, 2.05) is 0 Å². The first kappa shape index (κ1) is 27.3. The molecule has 0 aliphatic carbocycles. The number of carbonyl (C=O) groups is 1. The molecule has 42 heavy (non-hydrogen) atoms. The molecule has 1 unspecified atom stereocenters. The molecule has 0 fully saturated rings. The van der Waals surface area contributed by atoms with E-state index in [1.165, 1.54) is 25.3 Å². The van der Waals surface area contributed by atoms with Gasteiger partial charge in [0.1, 0.15) is 23.3 Å². The van der Waals surface area contributed by atoms with Crippen LogP contribution in [0.1, 0.15) is 39.2 Å². The van der Waals surface area contributed by atoms with Gasteiger partial charge in [-0.05, 0) is 66.6 Å². The summed E-state index contributed by atoms with van der Waals surface area (Å²) in [6, 6.07) is 16.2. The van der Waals surface area contributed by atoms with E-state index in [0.29, 0.717) is 30.0 Å². The summed E-state index contributed by atoms with van der Waals surface area (Å²) in [6.07, 6.45) is -1.12. The van der Waals surface area contributed by atoms with Gasteiger partial charge in [-0.15, -0.1) is 0 Å². The summed E-state index contributed by atoms with van der Waals surface area (Å²) in [5.41, 5.74) is 2.38. The molecule has 0 spiro atoms. The average molecular weight is 575 g/mol. The Labute approximate surface area is 238 Å². The topological polar surface area (TPSA) is 82.8 Å². The van der Waals surface area contributed by atoms with E-state index >= 15 is 8.78 Å². The standard InChI is InChI=1S/C32H25F3N2O5/c1-17-6-8-21(24(34)12-17)32-41-28-5-3-4-20(30(28)42-32)22-16-23(33)19(13-25(22)35)15-29-36-26-9-7-18(31(38)39)14-27(26)37(29)10-11-40-2/h3-9,12-14,16,32H,10-11,15H2,1-2H3,(H,38,39). The normalized spacial score (nSPS) is 14.1. The molecule has 0 radical (unpaired) electrons. The van der Waals surface area contributed by atoms with Gasteiger partial charge in [-0.2, -0.15) is 0 Å². The molecule has 1 aliphatic rings. The Kier molecular flexibility index (Phi) is 7.07. The first-order valence-corrected chi connectivity index (χ1v) is 13.2. The second-order valence-electron chi connectivity index (χ2n) is 10.0. The second-order valence-corrected chi connectivity index (χ2v) is 10.0. The first-order chi connectivity index (χ1) is 20.2. The predicted octanol–water partition coefficient (Wildman–Crippen LogP) is 6.83. The number of hydrogen-bond acceptors (Lipinski definition) is 5. The number of aryl methyl sites for hydroxylation is 1. The molecular formula is C32H25F3N2O5. The molecule has 1 atom stereocenters. The summed E-state index contributed by atoms with van der Waals surface area (Å²) in [5, 5.41) is 9.41. The van der Waals surface area contributed by atoms with Crippen LogP contribution in [0.4, 0.5) is 13.2 Å². The number of benzene rings is 4. The Morgan fingerprint density at radius 3 is 2.57 bits per heavy atom. The number of aromatic carboxylic acids is 1. The summed E-state index contributed by atoms with van der Waals surface area (Å²) in [7, 11) is 1.53. The SMILES string of the molecule is COCCn1c(Cc2cc(F)c(-c3cccc4c3OC(c3ccc(C)cc3F)O4)cc2F)nc2ccc(C(=O)O)cc21. The van der Waals surface area contributed by atoms with Gasteiger partial charge in [0.2, 0.25) is 0 Å². The van der Waals surface area contributed by atoms with E-state index < -0.39 is 29.7 Å². The summed E-state index contributed by atoms with van der Waals surface area (Å²) in [5.74, 6) is -2.04. The molecule has 0 amide bonds. The number of hydrogen-bond donors (Lipinski definition) is 1. The lowest BCUT2D eigenvalue weighted by molar-refractivity contribution is 0.0456. The van der Waals surface area contributed by atoms with Crippen LogP contribution in [0.25, 0.3) is 22.2 Å². The largest absolute Gasteiger partial charge is 0.478 e. The van der Waals surface area contributed by atoms with Crippen LogP contribution in [0, 0.1) is 24.4 Å². The average Bonchev–Trinajstić information content (AvgIpc) is 3.54. The number of carboxylic acid groups (broad SMARTS) is 1. The van der Waals surface area contributed by atoms with Gasteiger partial charge in [-0.1, -0.05) is 18.2 Å². The summed E-state index contributed by atoms with van der Waals surface area (Å²) < 4.78 is 64.5. The van der Waals surface area contributed by atoms with Crippen LogP contribution >= 0.6 is 0 Å². The van der Waals surface area contributed by atoms with Crippen molar-refractivity contribution < 1.29 is 37.3 Å². The third-order valence-electron chi connectivity index (χ3n) is 7.22. The third kappa shape index (κ3) is 4.94. The van der Waals surface area contributed by atoms with Gasteiger partial charge in [0.15, 0.2) is 11.5 Å². The lowest BCUT2D eigenvalue weighted by Gasteiger charge is -2.13. The van der Waals surface area contributed by atoms with Crippen LogP contribution in [0.5, 0.6) is 11.5 Å². The zero-order valence-corrected chi connectivity index (χ0v) is 22.7. The highest BCUT2D eigenvalue weighted by molar-refractivity contribution is 5.92. The molecular weight excluding hydrogens is 549 g/mol. The van der Waals surface area contributed by atoms with Crippen molar-refractivity contribution in [3.05, 3.63) is 112 Å². The van der Waals surface area contributed by atoms with Crippen molar-refractivity contribution in [2.24, 2.45) is 0 Å². The molecule has 1 N–H and O–H groups in total. The van der Waals surface area contributed by atoms with E-state index in [-0.39, 0.29) is 45.7 Å². The lowest BCUT2D eigenvalue weighted by Crippen LogP contribution is -2.10. The smallest absolute Gasteiger partial charge is 0.335 e. The van der Waals surface area contributed by atoms with E-state index in [2.05, 4.69) is 4.98 Å². The lowest BCUT2D eigenvalue weighted by atomic mass is 10.00. The number of para-hydroxylation sites is 1. The minimum atomic E-state index is -1.08.